The average Bonchev–Trinajstić information content (AvgIpc) is 2.87. The Morgan fingerprint density at radius 3 is 2.62 bits per heavy atom. The molecule has 0 aliphatic carbocycles. The van der Waals surface area contributed by atoms with Gasteiger partial charge in [0.25, 0.3) is 5.91 Å². The maximum Gasteiger partial charge on any atom is 0.256 e. The van der Waals surface area contributed by atoms with Gasteiger partial charge in [-0.25, -0.2) is 14.2 Å². The number of para-hydroxylation sites is 1. The molecule has 2 aromatic carbocycles. The summed E-state index contributed by atoms with van der Waals surface area (Å²) in [6, 6.07) is 11.2. The van der Waals surface area contributed by atoms with Crippen molar-refractivity contribution in [2.24, 2.45) is 5.92 Å². The summed E-state index contributed by atoms with van der Waals surface area (Å²) in [4.78, 5) is 28.9. The highest BCUT2D eigenvalue weighted by Gasteiger charge is 2.40. The number of rotatable bonds is 4. The van der Waals surface area contributed by atoms with Crippen LogP contribution in [0.4, 0.5) is 14.5 Å². The first-order valence-electron chi connectivity index (χ1n) is 11.9. The molecule has 3 saturated heterocycles. The van der Waals surface area contributed by atoms with Gasteiger partial charge in [-0.15, -0.1) is 0 Å². The van der Waals surface area contributed by atoms with Crippen molar-refractivity contribution in [2.45, 2.75) is 31.3 Å². The van der Waals surface area contributed by atoms with Gasteiger partial charge in [0.05, 0.1) is 17.2 Å². The molecule has 3 aliphatic heterocycles. The van der Waals surface area contributed by atoms with Crippen LogP contribution in [0.25, 0.3) is 0 Å². The van der Waals surface area contributed by atoms with Crippen LogP contribution >= 0.6 is 0 Å². The molecule has 7 nitrogen and oxygen atoms in total. The van der Waals surface area contributed by atoms with Crippen LogP contribution in [0.2, 0.25) is 0 Å². The maximum atomic E-state index is 14.7. The SMILES string of the molecule is O=C1NNC(Cc2ccc(F)c(C(=O)N3CCN(c4ccccc4F)CC3)c2)C2NCCCC12. The third-order valence-electron chi connectivity index (χ3n) is 7.13. The highest BCUT2D eigenvalue weighted by Crippen LogP contribution is 2.25. The second kappa shape index (κ2) is 9.68. The zero-order chi connectivity index (χ0) is 23.7. The van der Waals surface area contributed by atoms with Crippen LogP contribution in [-0.4, -0.2) is 61.5 Å². The third-order valence-corrected chi connectivity index (χ3v) is 7.13. The summed E-state index contributed by atoms with van der Waals surface area (Å²) in [5.74, 6) is -1.29. The Balaban J connectivity index is 1.26. The molecule has 3 aliphatic rings. The van der Waals surface area contributed by atoms with Crippen LogP contribution in [0.15, 0.2) is 42.5 Å². The topological polar surface area (TPSA) is 76.7 Å². The van der Waals surface area contributed by atoms with Crippen molar-refractivity contribution in [1.82, 2.24) is 21.1 Å². The number of nitrogens with one attached hydrogen (secondary N) is 3. The Hall–Kier alpha value is -3.04. The number of piperazine rings is 1. The second-order valence-electron chi connectivity index (χ2n) is 9.22. The number of anilines is 1. The van der Waals surface area contributed by atoms with Gasteiger partial charge in [0.2, 0.25) is 5.91 Å². The van der Waals surface area contributed by atoms with Crippen molar-refractivity contribution in [3.8, 4) is 0 Å². The number of fused-ring (bicyclic) bond motifs is 1. The quantitative estimate of drug-likeness (QED) is 0.637. The van der Waals surface area contributed by atoms with Crippen LogP contribution in [0.3, 0.4) is 0 Å². The van der Waals surface area contributed by atoms with E-state index in [1.807, 2.05) is 4.90 Å². The summed E-state index contributed by atoms with van der Waals surface area (Å²) in [7, 11) is 0. The largest absolute Gasteiger partial charge is 0.366 e. The van der Waals surface area contributed by atoms with E-state index < -0.39 is 5.82 Å². The first kappa shape index (κ1) is 22.7. The van der Waals surface area contributed by atoms with Crippen LogP contribution in [0.1, 0.15) is 28.8 Å². The molecule has 2 aromatic rings. The van der Waals surface area contributed by atoms with Gasteiger partial charge < -0.3 is 15.1 Å². The number of halogens is 2. The van der Waals surface area contributed by atoms with Crippen LogP contribution in [-0.2, 0) is 11.2 Å². The lowest BCUT2D eigenvalue weighted by Gasteiger charge is -2.41. The molecular weight excluding hydrogens is 440 g/mol. The lowest BCUT2D eigenvalue weighted by atomic mass is 9.82. The maximum absolute atomic E-state index is 14.7. The fourth-order valence-electron chi connectivity index (χ4n) is 5.30. The van der Waals surface area contributed by atoms with E-state index >= 15 is 0 Å². The van der Waals surface area contributed by atoms with Gasteiger partial charge in [0.1, 0.15) is 11.6 Å². The molecule has 3 N–H and O–H groups in total. The summed E-state index contributed by atoms with van der Waals surface area (Å²) in [6.45, 7) is 2.60. The van der Waals surface area contributed by atoms with E-state index in [2.05, 4.69) is 16.2 Å². The van der Waals surface area contributed by atoms with Crippen molar-refractivity contribution in [2.75, 3.05) is 37.6 Å². The van der Waals surface area contributed by atoms with Gasteiger partial charge >= 0.3 is 0 Å². The van der Waals surface area contributed by atoms with E-state index in [9.17, 15) is 18.4 Å². The Morgan fingerprint density at radius 1 is 1.03 bits per heavy atom. The van der Waals surface area contributed by atoms with Crippen LogP contribution in [0, 0.1) is 17.6 Å². The molecule has 0 spiro atoms. The van der Waals surface area contributed by atoms with Crippen molar-refractivity contribution in [1.29, 1.82) is 0 Å². The van der Waals surface area contributed by atoms with E-state index in [1.54, 1.807) is 35.2 Å². The number of hydrogen-bond donors (Lipinski definition) is 3. The molecular formula is C25H29F2N5O2. The standard InChI is InChI=1S/C25H29F2N5O2/c26-19-8-7-16(15-21-23-17(4-3-9-28-23)24(33)30-29-21)14-18(19)25(34)32-12-10-31(11-13-32)22-6-2-1-5-20(22)27/h1-2,5-8,14,17,21,23,28-29H,3-4,9-13,15H2,(H,30,33). The predicted molar refractivity (Wildman–Crippen MR) is 124 cm³/mol. The van der Waals surface area contributed by atoms with E-state index in [0.717, 1.165) is 24.9 Å². The third kappa shape index (κ3) is 4.50. The summed E-state index contributed by atoms with van der Waals surface area (Å²) < 4.78 is 28.8. The lowest BCUT2D eigenvalue weighted by molar-refractivity contribution is -0.131. The fraction of sp³-hybridized carbons (Fsp3) is 0.440. The minimum Gasteiger partial charge on any atom is -0.366 e. The molecule has 3 unspecified atom stereocenters. The molecule has 3 heterocycles. The molecule has 9 heteroatoms. The van der Waals surface area contributed by atoms with Crippen molar-refractivity contribution in [3.05, 3.63) is 65.2 Å². The van der Waals surface area contributed by atoms with E-state index in [0.29, 0.717) is 38.3 Å². The average molecular weight is 470 g/mol. The van der Waals surface area contributed by atoms with Crippen LogP contribution < -0.4 is 21.1 Å². The molecule has 0 aromatic heterocycles. The first-order valence-corrected chi connectivity index (χ1v) is 11.9. The van der Waals surface area contributed by atoms with Crippen molar-refractivity contribution >= 4 is 17.5 Å². The van der Waals surface area contributed by atoms with Crippen LogP contribution in [0.5, 0.6) is 0 Å². The number of amides is 2. The van der Waals surface area contributed by atoms with Crippen molar-refractivity contribution < 1.29 is 18.4 Å². The fourth-order valence-corrected chi connectivity index (χ4v) is 5.30. The Labute approximate surface area is 197 Å². The molecule has 3 atom stereocenters. The van der Waals surface area contributed by atoms with Gasteiger partial charge in [-0.1, -0.05) is 18.2 Å². The van der Waals surface area contributed by atoms with Gasteiger partial charge in [-0.05, 0) is 55.6 Å². The lowest BCUT2D eigenvalue weighted by Crippen LogP contribution is -2.67. The number of benzene rings is 2. The monoisotopic (exact) mass is 469 g/mol. The van der Waals surface area contributed by atoms with Crippen molar-refractivity contribution in [3.63, 3.8) is 0 Å². The second-order valence-corrected chi connectivity index (χ2v) is 9.22. The van der Waals surface area contributed by atoms with Gasteiger partial charge in [0.15, 0.2) is 0 Å². The van der Waals surface area contributed by atoms with E-state index in [4.69, 9.17) is 0 Å². The minimum absolute atomic E-state index is 0.00170. The van der Waals surface area contributed by atoms with E-state index in [-0.39, 0.29) is 41.2 Å². The number of hydrazine groups is 1. The summed E-state index contributed by atoms with van der Waals surface area (Å²) in [5.41, 5.74) is 7.24. The molecule has 34 heavy (non-hydrogen) atoms. The van der Waals surface area contributed by atoms with Gasteiger partial charge in [0, 0.05) is 38.3 Å². The van der Waals surface area contributed by atoms with Gasteiger partial charge in [-0.3, -0.25) is 15.0 Å². The molecule has 0 saturated carbocycles. The number of piperidine rings is 1. The Bertz CT molecular complexity index is 1070. The van der Waals surface area contributed by atoms with Gasteiger partial charge in [-0.2, -0.15) is 0 Å². The number of carbonyl (C=O) groups is 2. The highest BCUT2D eigenvalue weighted by molar-refractivity contribution is 5.95. The first-order chi connectivity index (χ1) is 16.5. The Morgan fingerprint density at radius 2 is 1.82 bits per heavy atom. The zero-order valence-electron chi connectivity index (χ0n) is 18.9. The summed E-state index contributed by atoms with van der Waals surface area (Å²) >= 11 is 0. The molecule has 0 radical (unpaired) electrons. The Kier molecular flexibility index (Phi) is 6.47. The normalized spacial score (nSPS) is 25.0. The predicted octanol–water partition coefficient (Wildman–Crippen LogP) is 1.84. The summed E-state index contributed by atoms with van der Waals surface area (Å²) in [6.07, 6.45) is 2.35. The van der Waals surface area contributed by atoms with E-state index in [1.165, 1.54) is 12.1 Å². The highest BCUT2D eigenvalue weighted by atomic mass is 19.1. The molecule has 180 valence electrons. The molecule has 5 rings (SSSR count). The number of nitrogens with zero attached hydrogens (tertiary/aromatic N) is 2. The smallest absolute Gasteiger partial charge is 0.256 e. The minimum atomic E-state index is -0.552. The number of carbonyl (C=O) groups excluding carboxylic acids is 2. The molecule has 3 fully saturated rings. The zero-order valence-corrected chi connectivity index (χ0v) is 18.9. The molecule has 0 bridgehead atoms. The number of hydrogen-bond acceptors (Lipinski definition) is 5. The summed E-state index contributed by atoms with van der Waals surface area (Å²) in [5, 5.41) is 3.44. The molecule has 2 amide bonds.